The minimum absolute atomic E-state index is 0.163. The lowest BCUT2D eigenvalue weighted by Gasteiger charge is -2.35. The van der Waals surface area contributed by atoms with Gasteiger partial charge in [-0.1, -0.05) is 11.3 Å². The lowest BCUT2D eigenvalue weighted by atomic mass is 10.3. The topological polar surface area (TPSA) is 58.0 Å². The molecule has 1 aliphatic heterocycles. The number of hydrogen-bond acceptors (Lipinski definition) is 7. The number of nitrogens with zero attached hydrogens (tertiary/aromatic N) is 6. The third-order valence-electron chi connectivity index (χ3n) is 4.14. The van der Waals surface area contributed by atoms with E-state index < -0.39 is 6.43 Å². The lowest BCUT2D eigenvalue weighted by Crippen LogP contribution is -2.47. The zero-order valence-electron chi connectivity index (χ0n) is 12.4. The second kappa shape index (κ2) is 5.95. The number of aromatic nitrogens is 4. The molecule has 2 aliphatic rings. The van der Waals surface area contributed by atoms with Gasteiger partial charge in [0.2, 0.25) is 5.13 Å². The van der Waals surface area contributed by atoms with Crippen molar-refractivity contribution in [3.8, 4) is 0 Å². The van der Waals surface area contributed by atoms with Gasteiger partial charge in [-0.2, -0.15) is 0 Å². The van der Waals surface area contributed by atoms with Gasteiger partial charge in [0.1, 0.15) is 22.8 Å². The predicted molar refractivity (Wildman–Crippen MR) is 83.3 cm³/mol. The van der Waals surface area contributed by atoms with Crippen LogP contribution in [0.1, 0.15) is 36.7 Å². The summed E-state index contributed by atoms with van der Waals surface area (Å²) in [7, 11) is 0. The molecule has 0 atom stereocenters. The van der Waals surface area contributed by atoms with Crippen molar-refractivity contribution in [3.63, 3.8) is 0 Å². The zero-order chi connectivity index (χ0) is 15.8. The van der Waals surface area contributed by atoms with Crippen LogP contribution in [-0.4, -0.2) is 46.3 Å². The Bertz CT molecular complexity index is 648. The Morgan fingerprint density at radius 2 is 1.83 bits per heavy atom. The summed E-state index contributed by atoms with van der Waals surface area (Å²) in [6, 6.07) is 1.43. The standard InChI is InChI=1S/C14H16F2N6S/c15-12(16)10-7-11(19-13(18-10)9-1-2-9)21-3-5-22(6-4-21)14-20-17-8-23-14/h7-9,12H,1-6H2. The first-order chi connectivity index (χ1) is 11.2. The summed E-state index contributed by atoms with van der Waals surface area (Å²) in [6.07, 6.45) is -0.564. The molecule has 0 spiro atoms. The summed E-state index contributed by atoms with van der Waals surface area (Å²) in [5, 5.41) is 8.83. The number of anilines is 2. The van der Waals surface area contributed by atoms with Gasteiger partial charge in [-0.25, -0.2) is 18.7 Å². The molecule has 6 nitrogen and oxygen atoms in total. The molecule has 122 valence electrons. The summed E-state index contributed by atoms with van der Waals surface area (Å²) >= 11 is 1.51. The Hall–Kier alpha value is -1.90. The Kier molecular flexibility index (Phi) is 3.80. The van der Waals surface area contributed by atoms with Crippen molar-refractivity contribution in [1.29, 1.82) is 0 Å². The summed E-state index contributed by atoms with van der Waals surface area (Å²) in [6.45, 7) is 3.01. The highest BCUT2D eigenvalue weighted by atomic mass is 32.1. The predicted octanol–water partition coefficient (Wildman–Crippen LogP) is 2.47. The van der Waals surface area contributed by atoms with Crippen molar-refractivity contribution in [2.45, 2.75) is 25.2 Å². The summed E-state index contributed by atoms with van der Waals surface area (Å²) < 4.78 is 26.2. The van der Waals surface area contributed by atoms with Crippen molar-refractivity contribution in [1.82, 2.24) is 20.2 Å². The summed E-state index contributed by atoms with van der Waals surface area (Å²) in [5.41, 5.74) is 1.55. The van der Waals surface area contributed by atoms with Gasteiger partial charge in [-0.15, -0.1) is 10.2 Å². The van der Waals surface area contributed by atoms with Gasteiger partial charge < -0.3 is 9.80 Å². The van der Waals surface area contributed by atoms with Crippen LogP contribution >= 0.6 is 11.3 Å². The van der Waals surface area contributed by atoms with E-state index in [0.29, 0.717) is 11.6 Å². The second-order valence-electron chi connectivity index (χ2n) is 5.78. The molecule has 1 saturated heterocycles. The minimum atomic E-state index is -2.56. The molecule has 4 rings (SSSR count). The summed E-state index contributed by atoms with van der Waals surface area (Å²) in [5.74, 6) is 1.45. The van der Waals surface area contributed by atoms with Crippen molar-refractivity contribution in [3.05, 3.63) is 23.1 Å². The Morgan fingerprint density at radius 1 is 1.09 bits per heavy atom. The molecule has 0 unspecified atom stereocenters. The van der Waals surface area contributed by atoms with Crippen LogP contribution in [0.15, 0.2) is 11.6 Å². The van der Waals surface area contributed by atoms with Gasteiger partial charge >= 0.3 is 0 Å². The van der Waals surface area contributed by atoms with Crippen molar-refractivity contribution in [2.24, 2.45) is 0 Å². The van der Waals surface area contributed by atoms with E-state index in [2.05, 4.69) is 30.0 Å². The van der Waals surface area contributed by atoms with Crippen LogP contribution in [0.4, 0.5) is 19.7 Å². The molecule has 0 aromatic carbocycles. The van der Waals surface area contributed by atoms with E-state index in [1.807, 2.05) is 0 Å². The Labute approximate surface area is 136 Å². The normalized spacial score (nSPS) is 18.7. The zero-order valence-corrected chi connectivity index (χ0v) is 13.2. The van der Waals surface area contributed by atoms with Crippen molar-refractivity contribution in [2.75, 3.05) is 36.0 Å². The first-order valence-corrected chi connectivity index (χ1v) is 8.52. The largest absolute Gasteiger partial charge is 0.353 e. The SMILES string of the molecule is FC(F)c1cc(N2CCN(c3nncs3)CC2)nc(C2CC2)n1. The Morgan fingerprint density at radius 3 is 2.43 bits per heavy atom. The average Bonchev–Trinajstić information content (AvgIpc) is 3.29. The average molecular weight is 338 g/mol. The first-order valence-electron chi connectivity index (χ1n) is 7.64. The maximum absolute atomic E-state index is 13.1. The van der Waals surface area contributed by atoms with Crippen molar-refractivity contribution >= 4 is 22.3 Å². The van der Waals surface area contributed by atoms with E-state index >= 15 is 0 Å². The smallest absolute Gasteiger partial charge is 0.280 e. The molecule has 1 aliphatic carbocycles. The molecule has 2 fully saturated rings. The fraction of sp³-hybridized carbons (Fsp3) is 0.571. The van der Waals surface area contributed by atoms with Crippen molar-refractivity contribution < 1.29 is 8.78 Å². The second-order valence-corrected chi connectivity index (χ2v) is 6.59. The minimum Gasteiger partial charge on any atom is -0.353 e. The van der Waals surface area contributed by atoms with Crippen LogP contribution < -0.4 is 9.80 Å². The highest BCUT2D eigenvalue weighted by Crippen LogP contribution is 2.39. The number of hydrogen-bond donors (Lipinski definition) is 0. The molecule has 0 bridgehead atoms. The molecular weight excluding hydrogens is 322 g/mol. The number of alkyl halides is 2. The molecule has 23 heavy (non-hydrogen) atoms. The van der Waals surface area contributed by atoms with E-state index in [9.17, 15) is 8.78 Å². The van der Waals surface area contributed by atoms with Crippen LogP contribution in [-0.2, 0) is 0 Å². The van der Waals surface area contributed by atoms with Crippen LogP contribution in [0.5, 0.6) is 0 Å². The molecule has 9 heteroatoms. The fourth-order valence-electron chi connectivity index (χ4n) is 2.70. The fourth-order valence-corrected chi connectivity index (χ4v) is 3.32. The maximum atomic E-state index is 13.1. The number of piperazine rings is 1. The van der Waals surface area contributed by atoms with Gasteiger partial charge in [0.15, 0.2) is 0 Å². The number of rotatable bonds is 4. The van der Waals surface area contributed by atoms with Gasteiger partial charge in [0.25, 0.3) is 6.43 Å². The molecule has 1 saturated carbocycles. The highest BCUT2D eigenvalue weighted by molar-refractivity contribution is 7.13. The van der Waals surface area contributed by atoms with Crippen LogP contribution in [0.2, 0.25) is 0 Å². The molecule has 2 aromatic rings. The van der Waals surface area contributed by atoms with Gasteiger partial charge in [0, 0.05) is 38.2 Å². The lowest BCUT2D eigenvalue weighted by molar-refractivity contribution is 0.145. The molecule has 2 aromatic heterocycles. The summed E-state index contributed by atoms with van der Waals surface area (Å²) in [4.78, 5) is 12.8. The molecule has 3 heterocycles. The third-order valence-corrected chi connectivity index (χ3v) is 4.89. The number of halogens is 2. The van der Waals surface area contributed by atoms with E-state index in [1.54, 1.807) is 5.51 Å². The molecule has 0 radical (unpaired) electrons. The van der Waals surface area contributed by atoms with Crippen LogP contribution in [0.3, 0.4) is 0 Å². The Balaban J connectivity index is 1.52. The van der Waals surface area contributed by atoms with Crippen LogP contribution in [0, 0.1) is 0 Å². The monoisotopic (exact) mass is 338 g/mol. The van der Waals surface area contributed by atoms with E-state index in [-0.39, 0.29) is 11.6 Å². The third kappa shape index (κ3) is 3.10. The quantitative estimate of drug-likeness (QED) is 0.854. The first kappa shape index (κ1) is 14.7. The molecule has 0 N–H and O–H groups in total. The molecule has 0 amide bonds. The van der Waals surface area contributed by atoms with Gasteiger partial charge in [0.05, 0.1) is 0 Å². The van der Waals surface area contributed by atoms with Gasteiger partial charge in [-0.05, 0) is 12.8 Å². The van der Waals surface area contributed by atoms with Crippen LogP contribution in [0.25, 0.3) is 0 Å². The van der Waals surface area contributed by atoms with E-state index in [1.165, 1.54) is 17.4 Å². The van der Waals surface area contributed by atoms with Gasteiger partial charge in [-0.3, -0.25) is 0 Å². The highest BCUT2D eigenvalue weighted by Gasteiger charge is 2.29. The maximum Gasteiger partial charge on any atom is 0.280 e. The van der Waals surface area contributed by atoms with E-state index in [0.717, 1.165) is 44.2 Å². The van der Waals surface area contributed by atoms with E-state index in [4.69, 9.17) is 0 Å². The molecular formula is C14H16F2N6S.